The van der Waals surface area contributed by atoms with Crippen LogP contribution < -0.4 is 10.1 Å². The quantitative estimate of drug-likeness (QED) is 0.847. The Morgan fingerprint density at radius 1 is 1.50 bits per heavy atom. The Morgan fingerprint density at radius 3 is 2.95 bits per heavy atom. The third-order valence-corrected chi connectivity index (χ3v) is 4.29. The summed E-state index contributed by atoms with van der Waals surface area (Å²) in [5.74, 6) is 0.553. The number of hydrogen-bond acceptors (Lipinski definition) is 3. The summed E-state index contributed by atoms with van der Waals surface area (Å²) in [5.41, 5.74) is 0. The van der Waals surface area contributed by atoms with Gasteiger partial charge in [-0.1, -0.05) is 18.0 Å². The maximum Gasteiger partial charge on any atom is 0.257 e. The molecule has 1 fully saturated rings. The van der Waals surface area contributed by atoms with Gasteiger partial charge >= 0.3 is 0 Å². The third kappa shape index (κ3) is 4.36. The SMILES string of the molecule is O=C(COc1ccc(Cl)cc1Br)NCC1CCCC1O. The molecule has 0 spiro atoms. The molecule has 0 heterocycles. The molecule has 1 aromatic carbocycles. The van der Waals surface area contributed by atoms with E-state index >= 15 is 0 Å². The van der Waals surface area contributed by atoms with Gasteiger partial charge in [-0.2, -0.15) is 0 Å². The van der Waals surface area contributed by atoms with Gasteiger partial charge in [-0.3, -0.25) is 4.79 Å². The number of hydrogen-bond donors (Lipinski definition) is 2. The van der Waals surface area contributed by atoms with E-state index in [0.717, 1.165) is 19.3 Å². The van der Waals surface area contributed by atoms with Crippen LogP contribution in [0.5, 0.6) is 5.75 Å². The van der Waals surface area contributed by atoms with Gasteiger partial charge in [0.1, 0.15) is 5.75 Å². The normalized spacial score (nSPS) is 21.8. The zero-order chi connectivity index (χ0) is 14.5. The number of amides is 1. The number of benzene rings is 1. The van der Waals surface area contributed by atoms with E-state index in [2.05, 4.69) is 21.2 Å². The van der Waals surface area contributed by atoms with E-state index < -0.39 is 0 Å². The highest BCUT2D eigenvalue weighted by Gasteiger charge is 2.25. The second-order valence-electron chi connectivity index (χ2n) is 4.93. The Labute approximate surface area is 131 Å². The lowest BCUT2D eigenvalue weighted by molar-refractivity contribution is -0.123. The number of aliphatic hydroxyl groups is 1. The number of halogens is 2. The summed E-state index contributed by atoms with van der Waals surface area (Å²) in [6.07, 6.45) is 2.53. The first-order valence-electron chi connectivity index (χ1n) is 6.59. The maximum absolute atomic E-state index is 11.7. The van der Waals surface area contributed by atoms with Gasteiger partial charge < -0.3 is 15.2 Å². The summed E-state index contributed by atoms with van der Waals surface area (Å²) in [4.78, 5) is 11.7. The molecule has 2 atom stereocenters. The van der Waals surface area contributed by atoms with Crippen LogP contribution in [-0.4, -0.2) is 30.3 Å². The van der Waals surface area contributed by atoms with E-state index in [-0.39, 0.29) is 24.5 Å². The molecule has 0 saturated heterocycles. The molecule has 0 bridgehead atoms. The molecule has 2 N–H and O–H groups in total. The fourth-order valence-electron chi connectivity index (χ4n) is 2.29. The number of ether oxygens (including phenoxy) is 1. The second kappa shape index (κ2) is 7.29. The predicted molar refractivity (Wildman–Crippen MR) is 81.0 cm³/mol. The van der Waals surface area contributed by atoms with Crippen molar-refractivity contribution in [1.82, 2.24) is 5.32 Å². The first-order valence-corrected chi connectivity index (χ1v) is 7.76. The van der Waals surface area contributed by atoms with Crippen LogP contribution in [0.4, 0.5) is 0 Å². The molecule has 0 aliphatic heterocycles. The van der Waals surface area contributed by atoms with Crippen LogP contribution in [0.15, 0.2) is 22.7 Å². The molecule has 20 heavy (non-hydrogen) atoms. The Bertz CT molecular complexity index is 483. The molecule has 1 amide bonds. The molecule has 2 rings (SSSR count). The van der Waals surface area contributed by atoms with Crippen molar-refractivity contribution in [2.75, 3.05) is 13.2 Å². The van der Waals surface area contributed by atoms with Gasteiger partial charge in [0.05, 0.1) is 10.6 Å². The van der Waals surface area contributed by atoms with Crippen LogP contribution in [-0.2, 0) is 4.79 Å². The first-order chi connectivity index (χ1) is 9.56. The highest BCUT2D eigenvalue weighted by molar-refractivity contribution is 9.10. The average molecular weight is 363 g/mol. The van der Waals surface area contributed by atoms with E-state index in [1.165, 1.54) is 0 Å². The minimum absolute atomic E-state index is 0.0525. The molecule has 1 aliphatic carbocycles. The zero-order valence-corrected chi connectivity index (χ0v) is 13.3. The van der Waals surface area contributed by atoms with Crippen molar-refractivity contribution in [2.24, 2.45) is 5.92 Å². The van der Waals surface area contributed by atoms with Gasteiger partial charge in [-0.05, 0) is 47.0 Å². The molecular weight excluding hydrogens is 346 g/mol. The molecule has 110 valence electrons. The lowest BCUT2D eigenvalue weighted by Gasteiger charge is -2.15. The molecule has 2 unspecified atom stereocenters. The van der Waals surface area contributed by atoms with Crippen LogP contribution in [0.1, 0.15) is 19.3 Å². The lowest BCUT2D eigenvalue weighted by Crippen LogP contribution is -2.35. The lowest BCUT2D eigenvalue weighted by atomic mass is 10.1. The minimum atomic E-state index is -0.290. The largest absolute Gasteiger partial charge is 0.483 e. The van der Waals surface area contributed by atoms with Crippen LogP contribution in [0.2, 0.25) is 5.02 Å². The van der Waals surface area contributed by atoms with Gasteiger partial charge in [0.15, 0.2) is 6.61 Å². The number of carbonyl (C=O) groups is 1. The summed E-state index contributed by atoms with van der Waals surface area (Å²) in [6, 6.07) is 5.12. The van der Waals surface area contributed by atoms with E-state index in [0.29, 0.717) is 21.8 Å². The summed E-state index contributed by atoms with van der Waals surface area (Å²) in [6.45, 7) is 0.453. The minimum Gasteiger partial charge on any atom is -0.483 e. The summed E-state index contributed by atoms with van der Waals surface area (Å²) in [5, 5.41) is 13.1. The molecule has 1 aromatic rings. The summed E-state index contributed by atoms with van der Waals surface area (Å²) < 4.78 is 6.13. The molecule has 0 radical (unpaired) electrons. The molecule has 1 aliphatic rings. The van der Waals surface area contributed by atoms with Crippen LogP contribution >= 0.6 is 27.5 Å². The Balaban J connectivity index is 1.74. The Hall–Kier alpha value is -0.780. The third-order valence-electron chi connectivity index (χ3n) is 3.43. The van der Waals surface area contributed by atoms with Gasteiger partial charge in [-0.15, -0.1) is 0 Å². The van der Waals surface area contributed by atoms with E-state index in [9.17, 15) is 9.90 Å². The first kappa shape index (κ1) is 15.6. The van der Waals surface area contributed by atoms with Crippen molar-refractivity contribution in [3.8, 4) is 5.75 Å². The predicted octanol–water partition coefficient (Wildman–Crippen LogP) is 2.76. The van der Waals surface area contributed by atoms with Crippen molar-refractivity contribution >= 4 is 33.4 Å². The van der Waals surface area contributed by atoms with Crippen molar-refractivity contribution in [3.63, 3.8) is 0 Å². The molecule has 4 nitrogen and oxygen atoms in total. The fraction of sp³-hybridized carbons (Fsp3) is 0.500. The number of nitrogens with one attached hydrogen (secondary N) is 1. The van der Waals surface area contributed by atoms with Gasteiger partial charge in [0.25, 0.3) is 5.91 Å². The van der Waals surface area contributed by atoms with Gasteiger partial charge in [-0.25, -0.2) is 0 Å². The smallest absolute Gasteiger partial charge is 0.257 e. The van der Waals surface area contributed by atoms with Crippen molar-refractivity contribution in [3.05, 3.63) is 27.7 Å². The Kier molecular flexibility index (Phi) is 5.69. The molecular formula is C14H17BrClNO3. The van der Waals surface area contributed by atoms with E-state index in [4.69, 9.17) is 16.3 Å². The van der Waals surface area contributed by atoms with Gasteiger partial charge in [0.2, 0.25) is 0 Å². The monoisotopic (exact) mass is 361 g/mol. The zero-order valence-electron chi connectivity index (χ0n) is 10.9. The number of aliphatic hydroxyl groups excluding tert-OH is 1. The van der Waals surface area contributed by atoms with E-state index in [1.807, 2.05) is 0 Å². The van der Waals surface area contributed by atoms with Crippen LogP contribution in [0.25, 0.3) is 0 Å². The topological polar surface area (TPSA) is 58.6 Å². The molecule has 0 aromatic heterocycles. The standard InChI is InChI=1S/C14H17BrClNO3/c15-11-6-10(16)4-5-13(11)20-8-14(19)17-7-9-2-1-3-12(9)18/h4-6,9,12,18H,1-3,7-8H2,(H,17,19). The van der Waals surface area contributed by atoms with Crippen molar-refractivity contribution in [1.29, 1.82) is 0 Å². The number of rotatable bonds is 5. The van der Waals surface area contributed by atoms with Crippen molar-refractivity contribution in [2.45, 2.75) is 25.4 Å². The second-order valence-corrected chi connectivity index (χ2v) is 6.22. The summed E-state index contributed by atoms with van der Waals surface area (Å²) >= 11 is 9.15. The van der Waals surface area contributed by atoms with Crippen molar-refractivity contribution < 1.29 is 14.6 Å². The maximum atomic E-state index is 11.7. The molecule has 1 saturated carbocycles. The Morgan fingerprint density at radius 2 is 2.30 bits per heavy atom. The van der Waals surface area contributed by atoms with Crippen LogP contribution in [0, 0.1) is 5.92 Å². The fourth-order valence-corrected chi connectivity index (χ4v) is 3.08. The highest BCUT2D eigenvalue weighted by Crippen LogP contribution is 2.28. The van der Waals surface area contributed by atoms with E-state index in [1.54, 1.807) is 18.2 Å². The highest BCUT2D eigenvalue weighted by atomic mass is 79.9. The molecule has 6 heteroatoms. The van der Waals surface area contributed by atoms with Crippen LogP contribution in [0.3, 0.4) is 0 Å². The average Bonchev–Trinajstić information content (AvgIpc) is 2.81. The van der Waals surface area contributed by atoms with Gasteiger partial charge in [0, 0.05) is 17.5 Å². The summed E-state index contributed by atoms with van der Waals surface area (Å²) in [7, 11) is 0. The number of carbonyl (C=O) groups excluding carboxylic acids is 1.